The maximum atomic E-state index is 6.32. The first-order valence-corrected chi connectivity index (χ1v) is 23.2. The molecule has 8 nitrogen and oxygen atoms in total. The van der Waals surface area contributed by atoms with Gasteiger partial charge in [0.2, 0.25) is 0 Å². The van der Waals surface area contributed by atoms with Crippen LogP contribution in [-0.2, 0) is 41.6 Å². The summed E-state index contributed by atoms with van der Waals surface area (Å²) in [5.74, 6) is 0. The van der Waals surface area contributed by atoms with Crippen LogP contribution in [0.2, 0.25) is 0 Å². The lowest BCUT2D eigenvalue weighted by atomic mass is 9.84. The Labute approximate surface area is 367 Å². The fourth-order valence-corrected chi connectivity index (χ4v) is 9.29. The minimum atomic E-state index is 0.251. The Kier molecular flexibility index (Phi) is 13.7. The molecule has 2 aliphatic rings. The molecule has 62 heavy (non-hydrogen) atoms. The van der Waals surface area contributed by atoms with Gasteiger partial charge in [0.25, 0.3) is 0 Å². The number of benzene rings is 5. The highest BCUT2D eigenvalue weighted by Gasteiger charge is 2.37. The molecule has 0 spiro atoms. The molecular formula is C54H64N2O6. The van der Waals surface area contributed by atoms with Crippen LogP contribution in [0.3, 0.4) is 0 Å². The third-order valence-corrected chi connectivity index (χ3v) is 13.5. The molecule has 0 aliphatic carbocycles. The Morgan fingerprint density at radius 1 is 0.452 bits per heavy atom. The number of rotatable bonds is 24. The lowest BCUT2D eigenvalue weighted by Gasteiger charge is -2.40. The first-order chi connectivity index (χ1) is 30.6. The summed E-state index contributed by atoms with van der Waals surface area (Å²) in [6, 6.07) is 39.9. The van der Waals surface area contributed by atoms with Crippen molar-refractivity contribution in [1.82, 2.24) is 9.13 Å². The zero-order chi connectivity index (χ0) is 42.2. The smallest absolute Gasteiger partial charge is 0.0717 e. The highest BCUT2D eigenvalue weighted by atomic mass is 16.5. The number of para-hydroxylation sites is 2. The first-order valence-electron chi connectivity index (χ1n) is 23.2. The van der Waals surface area contributed by atoms with Gasteiger partial charge in [-0.2, -0.15) is 0 Å². The molecule has 7 aromatic rings. The minimum absolute atomic E-state index is 0.251. The highest BCUT2D eigenvalue weighted by Crippen LogP contribution is 2.43. The molecule has 0 radical (unpaired) electrons. The summed E-state index contributed by atoms with van der Waals surface area (Å²) < 4.78 is 40.4. The van der Waals surface area contributed by atoms with Crippen LogP contribution in [-0.4, -0.2) is 75.2 Å². The number of fused-ring (bicyclic) bond motifs is 7. The number of nitrogens with zero attached hydrogens (tertiary/aromatic N) is 2. The van der Waals surface area contributed by atoms with E-state index in [1.54, 1.807) is 0 Å². The summed E-state index contributed by atoms with van der Waals surface area (Å²) in [7, 11) is 0. The van der Waals surface area contributed by atoms with Gasteiger partial charge in [0.05, 0.1) is 74.9 Å². The zero-order valence-corrected chi connectivity index (χ0v) is 36.9. The van der Waals surface area contributed by atoms with Gasteiger partial charge in [0.15, 0.2) is 0 Å². The van der Waals surface area contributed by atoms with Crippen molar-refractivity contribution in [2.45, 2.75) is 78.4 Å². The highest BCUT2D eigenvalue weighted by molar-refractivity contribution is 6.29. The van der Waals surface area contributed by atoms with Crippen molar-refractivity contribution >= 4 is 43.6 Å². The molecule has 8 heteroatoms. The molecule has 0 saturated carbocycles. The topological polar surface area (TPSA) is 65.2 Å². The van der Waals surface area contributed by atoms with Gasteiger partial charge in [0.1, 0.15) is 0 Å². The van der Waals surface area contributed by atoms with Gasteiger partial charge in [-0.05, 0) is 123 Å². The zero-order valence-electron chi connectivity index (χ0n) is 36.9. The van der Waals surface area contributed by atoms with Gasteiger partial charge in [-0.1, -0.05) is 62.4 Å². The van der Waals surface area contributed by atoms with E-state index in [4.69, 9.17) is 28.4 Å². The van der Waals surface area contributed by atoms with Crippen molar-refractivity contribution in [1.29, 1.82) is 0 Å². The van der Waals surface area contributed by atoms with Crippen LogP contribution in [0.4, 0.5) is 0 Å². The second kappa shape index (κ2) is 19.9. The second-order valence-electron chi connectivity index (χ2n) is 17.9. The third-order valence-electron chi connectivity index (χ3n) is 13.5. The Morgan fingerprint density at radius 2 is 0.839 bits per heavy atom. The quantitative estimate of drug-likeness (QED) is 0.0565. The van der Waals surface area contributed by atoms with E-state index in [0.717, 1.165) is 129 Å². The predicted molar refractivity (Wildman–Crippen MR) is 251 cm³/mol. The number of hydrogen-bond acceptors (Lipinski definition) is 6. The van der Waals surface area contributed by atoms with Crippen molar-refractivity contribution in [3.63, 3.8) is 0 Å². The molecule has 2 aromatic heterocycles. The molecule has 0 atom stereocenters. The monoisotopic (exact) mass is 836 g/mol. The summed E-state index contributed by atoms with van der Waals surface area (Å²) in [5, 5.41) is 4.99. The molecule has 4 heterocycles. The molecule has 0 amide bonds. The predicted octanol–water partition coefficient (Wildman–Crippen LogP) is 12.1. The summed E-state index contributed by atoms with van der Waals surface area (Å²) in [4.78, 5) is 0. The molecular weight excluding hydrogens is 773 g/mol. The Morgan fingerprint density at radius 3 is 1.21 bits per heavy atom. The molecule has 5 aromatic carbocycles. The average Bonchev–Trinajstić information content (AvgIpc) is 3.79. The van der Waals surface area contributed by atoms with Gasteiger partial charge in [-0.3, -0.25) is 0 Å². The normalized spacial score (nSPS) is 15.8. The van der Waals surface area contributed by atoms with Crippen molar-refractivity contribution < 1.29 is 28.4 Å². The molecule has 0 bridgehead atoms. The average molecular weight is 837 g/mol. The molecule has 9 rings (SSSR count). The van der Waals surface area contributed by atoms with Crippen LogP contribution in [0.15, 0.2) is 109 Å². The minimum Gasteiger partial charge on any atom is -0.381 e. The van der Waals surface area contributed by atoms with Crippen LogP contribution in [0.5, 0.6) is 0 Å². The van der Waals surface area contributed by atoms with Crippen molar-refractivity contribution in [2.24, 2.45) is 10.8 Å². The maximum Gasteiger partial charge on any atom is 0.0717 e. The molecule has 2 fully saturated rings. The van der Waals surface area contributed by atoms with Crippen LogP contribution < -0.4 is 0 Å². The van der Waals surface area contributed by atoms with Crippen LogP contribution in [0, 0.1) is 10.8 Å². The lowest BCUT2D eigenvalue weighted by molar-refractivity contribution is -0.150. The van der Waals surface area contributed by atoms with E-state index in [9.17, 15) is 0 Å². The fraction of sp³-hybridized carbons (Fsp3) is 0.444. The largest absolute Gasteiger partial charge is 0.381 e. The molecule has 0 unspecified atom stereocenters. The van der Waals surface area contributed by atoms with Crippen molar-refractivity contribution in [2.75, 3.05) is 66.1 Å². The van der Waals surface area contributed by atoms with Gasteiger partial charge in [0, 0.05) is 70.2 Å². The fourth-order valence-electron chi connectivity index (χ4n) is 9.29. The van der Waals surface area contributed by atoms with Gasteiger partial charge in [-0.15, -0.1) is 0 Å². The van der Waals surface area contributed by atoms with E-state index in [-0.39, 0.29) is 10.8 Å². The SMILES string of the molecule is CCC1(COCCCCCOCc2ccc3c(c2)c2c4c5cc(COCCCCCOCC6(CC)COC6)ccc5n(-c5ccccc5)c4ccc2n3-c2ccccc2)COC1. The molecule has 326 valence electrons. The van der Waals surface area contributed by atoms with Crippen LogP contribution >= 0.6 is 0 Å². The third kappa shape index (κ3) is 9.10. The summed E-state index contributed by atoms with van der Waals surface area (Å²) in [5.41, 5.74) is 9.93. The van der Waals surface area contributed by atoms with Gasteiger partial charge in [-0.25, -0.2) is 0 Å². The van der Waals surface area contributed by atoms with E-state index in [1.807, 2.05) is 0 Å². The Balaban J connectivity index is 0.948. The second-order valence-corrected chi connectivity index (χ2v) is 17.9. The molecule has 2 aliphatic heterocycles. The number of unbranched alkanes of at least 4 members (excludes halogenated alkanes) is 4. The van der Waals surface area contributed by atoms with Gasteiger partial charge < -0.3 is 37.6 Å². The van der Waals surface area contributed by atoms with Crippen LogP contribution in [0.1, 0.15) is 76.3 Å². The number of hydrogen-bond donors (Lipinski definition) is 0. The van der Waals surface area contributed by atoms with E-state index in [0.29, 0.717) is 13.2 Å². The van der Waals surface area contributed by atoms with E-state index in [1.165, 1.54) is 54.7 Å². The standard InChI is InChI=1S/C54H64N2O6/c1-3-53(37-61-38-53)35-59-29-15-7-13-27-57-33-41-21-23-47-45(31-41)51-49(55(47)43-17-9-5-10-18-43)25-26-50-52(51)46-32-42(22-24-48(46)56(50)44-19-11-6-12-20-44)34-58-28-14-8-16-30-60-36-54(4-2)39-62-40-54/h5-6,9-12,17-26,31-32H,3-4,7-8,13-16,27-30,33-40H2,1-2H3. The van der Waals surface area contributed by atoms with E-state index >= 15 is 0 Å². The summed E-state index contributed by atoms with van der Waals surface area (Å²) >= 11 is 0. The Hall–Kier alpha value is -4.54. The molecule has 2 saturated heterocycles. The van der Waals surface area contributed by atoms with Crippen molar-refractivity contribution in [3.05, 3.63) is 120 Å². The Bertz CT molecular complexity index is 2350. The lowest BCUT2D eigenvalue weighted by Crippen LogP contribution is -2.45. The number of aromatic nitrogens is 2. The van der Waals surface area contributed by atoms with E-state index < -0.39 is 0 Å². The summed E-state index contributed by atoms with van der Waals surface area (Å²) in [6.45, 7) is 13.7. The summed E-state index contributed by atoms with van der Waals surface area (Å²) in [6.07, 6.45) is 8.60. The van der Waals surface area contributed by atoms with Gasteiger partial charge >= 0.3 is 0 Å². The maximum absolute atomic E-state index is 6.32. The first kappa shape index (κ1) is 42.7. The van der Waals surface area contributed by atoms with Crippen LogP contribution in [0.25, 0.3) is 55.0 Å². The molecule has 0 N–H and O–H groups in total. The van der Waals surface area contributed by atoms with Crippen molar-refractivity contribution in [3.8, 4) is 11.4 Å². The number of ether oxygens (including phenoxy) is 6. The van der Waals surface area contributed by atoms with E-state index in [2.05, 4.69) is 132 Å².